The number of para-hydroxylation sites is 1. The van der Waals surface area contributed by atoms with Gasteiger partial charge in [-0.05, 0) is 36.4 Å². The SMILES string of the molecule is COc1cccc(Nc2ccc(C(=O)Nc3ccccc3C#N)nc2)c1. The molecule has 1 heterocycles. The van der Waals surface area contributed by atoms with Gasteiger partial charge in [-0.3, -0.25) is 4.79 Å². The van der Waals surface area contributed by atoms with Gasteiger partial charge < -0.3 is 15.4 Å². The van der Waals surface area contributed by atoms with Crippen molar-refractivity contribution >= 4 is 23.0 Å². The fraction of sp³-hybridized carbons (Fsp3) is 0.0500. The Hall–Kier alpha value is -3.85. The summed E-state index contributed by atoms with van der Waals surface area (Å²) in [6, 6.07) is 19.7. The number of carbonyl (C=O) groups is 1. The molecule has 1 aromatic heterocycles. The number of anilines is 3. The Morgan fingerprint density at radius 3 is 2.65 bits per heavy atom. The highest BCUT2D eigenvalue weighted by Gasteiger charge is 2.10. The van der Waals surface area contributed by atoms with Crippen LogP contribution in [-0.2, 0) is 0 Å². The normalized spacial score (nSPS) is 9.85. The van der Waals surface area contributed by atoms with Gasteiger partial charge in [0.05, 0.1) is 30.2 Å². The summed E-state index contributed by atoms with van der Waals surface area (Å²) in [5.74, 6) is 0.371. The maximum absolute atomic E-state index is 12.3. The highest BCUT2D eigenvalue weighted by Crippen LogP contribution is 2.21. The minimum absolute atomic E-state index is 0.258. The molecule has 3 rings (SSSR count). The summed E-state index contributed by atoms with van der Waals surface area (Å²) in [5, 5.41) is 15.0. The van der Waals surface area contributed by atoms with Crippen LogP contribution in [-0.4, -0.2) is 18.0 Å². The quantitative estimate of drug-likeness (QED) is 0.731. The standard InChI is InChI=1S/C20H16N4O2/c1-26-17-7-4-6-15(11-17)23-16-9-10-19(22-13-16)20(25)24-18-8-3-2-5-14(18)12-21/h2-11,13,23H,1H3,(H,24,25). The molecule has 0 unspecified atom stereocenters. The van der Waals surface area contributed by atoms with E-state index in [9.17, 15) is 4.79 Å². The van der Waals surface area contributed by atoms with Crippen LogP contribution in [0.15, 0.2) is 66.9 Å². The first-order valence-corrected chi connectivity index (χ1v) is 7.87. The molecule has 3 aromatic rings. The number of amides is 1. The zero-order valence-corrected chi connectivity index (χ0v) is 14.1. The van der Waals surface area contributed by atoms with Crippen molar-refractivity contribution in [2.45, 2.75) is 0 Å². The number of benzene rings is 2. The number of carbonyl (C=O) groups excluding carboxylic acids is 1. The second-order valence-electron chi connectivity index (χ2n) is 5.40. The number of aromatic nitrogens is 1. The molecule has 6 nitrogen and oxygen atoms in total. The number of rotatable bonds is 5. The molecule has 26 heavy (non-hydrogen) atoms. The summed E-state index contributed by atoms with van der Waals surface area (Å²) in [4.78, 5) is 16.5. The first-order chi connectivity index (χ1) is 12.7. The average molecular weight is 344 g/mol. The van der Waals surface area contributed by atoms with Crippen molar-refractivity contribution in [3.05, 3.63) is 78.1 Å². The first kappa shape index (κ1) is 17.0. The van der Waals surface area contributed by atoms with Gasteiger partial charge in [-0.2, -0.15) is 5.26 Å². The number of methoxy groups -OCH3 is 1. The third-order valence-corrected chi connectivity index (χ3v) is 3.65. The molecule has 0 radical (unpaired) electrons. The Bertz CT molecular complexity index is 962. The Balaban J connectivity index is 1.70. The van der Waals surface area contributed by atoms with E-state index >= 15 is 0 Å². The van der Waals surface area contributed by atoms with Crippen LogP contribution >= 0.6 is 0 Å². The molecule has 0 aliphatic carbocycles. The van der Waals surface area contributed by atoms with E-state index in [1.54, 1.807) is 49.7 Å². The predicted octanol–water partition coefficient (Wildman–Crippen LogP) is 3.96. The summed E-state index contributed by atoms with van der Waals surface area (Å²) >= 11 is 0. The summed E-state index contributed by atoms with van der Waals surface area (Å²) in [5.41, 5.74) is 2.71. The minimum atomic E-state index is -0.374. The smallest absolute Gasteiger partial charge is 0.274 e. The van der Waals surface area contributed by atoms with Gasteiger partial charge in [-0.25, -0.2) is 4.98 Å². The Morgan fingerprint density at radius 1 is 1.08 bits per heavy atom. The van der Waals surface area contributed by atoms with Crippen molar-refractivity contribution in [2.24, 2.45) is 0 Å². The van der Waals surface area contributed by atoms with Crippen molar-refractivity contribution in [2.75, 3.05) is 17.7 Å². The van der Waals surface area contributed by atoms with E-state index in [4.69, 9.17) is 10.00 Å². The van der Waals surface area contributed by atoms with Gasteiger partial charge in [-0.15, -0.1) is 0 Å². The number of nitriles is 1. The fourth-order valence-electron chi connectivity index (χ4n) is 2.35. The first-order valence-electron chi connectivity index (χ1n) is 7.87. The Morgan fingerprint density at radius 2 is 1.92 bits per heavy atom. The number of nitrogens with one attached hydrogen (secondary N) is 2. The lowest BCUT2D eigenvalue weighted by Gasteiger charge is -2.09. The lowest BCUT2D eigenvalue weighted by molar-refractivity contribution is 0.102. The lowest BCUT2D eigenvalue weighted by atomic mass is 10.2. The minimum Gasteiger partial charge on any atom is -0.497 e. The zero-order valence-electron chi connectivity index (χ0n) is 14.1. The van der Waals surface area contributed by atoms with Crippen LogP contribution in [0.3, 0.4) is 0 Å². The lowest BCUT2D eigenvalue weighted by Crippen LogP contribution is -2.14. The zero-order chi connectivity index (χ0) is 18.4. The van der Waals surface area contributed by atoms with Gasteiger partial charge >= 0.3 is 0 Å². The monoisotopic (exact) mass is 344 g/mol. The Kier molecular flexibility index (Phi) is 5.11. The van der Waals surface area contributed by atoms with Crippen LogP contribution in [0.1, 0.15) is 16.1 Å². The largest absolute Gasteiger partial charge is 0.497 e. The van der Waals surface area contributed by atoms with Crippen LogP contribution in [0.4, 0.5) is 17.1 Å². The third kappa shape index (κ3) is 3.97. The molecule has 0 saturated carbocycles. The molecule has 0 aliphatic rings. The summed E-state index contributed by atoms with van der Waals surface area (Å²) in [6.45, 7) is 0. The van der Waals surface area contributed by atoms with E-state index in [0.29, 0.717) is 11.3 Å². The van der Waals surface area contributed by atoms with Gasteiger partial charge in [0.1, 0.15) is 17.5 Å². The third-order valence-electron chi connectivity index (χ3n) is 3.65. The van der Waals surface area contributed by atoms with Gasteiger partial charge in [0.15, 0.2) is 0 Å². The molecule has 6 heteroatoms. The van der Waals surface area contributed by atoms with Crippen molar-refractivity contribution in [3.63, 3.8) is 0 Å². The molecule has 0 spiro atoms. The molecule has 0 atom stereocenters. The average Bonchev–Trinajstić information content (AvgIpc) is 2.69. The second-order valence-corrected chi connectivity index (χ2v) is 5.40. The molecule has 1 amide bonds. The van der Waals surface area contributed by atoms with Crippen molar-refractivity contribution in [3.8, 4) is 11.8 Å². The van der Waals surface area contributed by atoms with Crippen LogP contribution in [0.25, 0.3) is 0 Å². The molecular weight excluding hydrogens is 328 g/mol. The number of ether oxygens (including phenoxy) is 1. The molecule has 0 bridgehead atoms. The van der Waals surface area contributed by atoms with E-state index in [1.165, 1.54) is 0 Å². The van der Waals surface area contributed by atoms with Crippen molar-refractivity contribution in [1.29, 1.82) is 5.26 Å². The van der Waals surface area contributed by atoms with Crippen LogP contribution < -0.4 is 15.4 Å². The molecule has 128 valence electrons. The molecule has 2 aromatic carbocycles. The van der Waals surface area contributed by atoms with Crippen molar-refractivity contribution in [1.82, 2.24) is 4.98 Å². The highest BCUT2D eigenvalue weighted by molar-refractivity contribution is 6.03. The predicted molar refractivity (Wildman–Crippen MR) is 99.6 cm³/mol. The van der Waals surface area contributed by atoms with E-state index in [-0.39, 0.29) is 11.6 Å². The van der Waals surface area contributed by atoms with E-state index in [0.717, 1.165) is 17.1 Å². The van der Waals surface area contributed by atoms with E-state index < -0.39 is 0 Å². The summed E-state index contributed by atoms with van der Waals surface area (Å²) in [6.07, 6.45) is 1.57. The molecule has 0 aliphatic heterocycles. The van der Waals surface area contributed by atoms with Crippen LogP contribution in [0.5, 0.6) is 5.75 Å². The fourth-order valence-corrected chi connectivity index (χ4v) is 2.35. The van der Waals surface area contributed by atoms with Gasteiger partial charge in [-0.1, -0.05) is 18.2 Å². The van der Waals surface area contributed by atoms with E-state index in [2.05, 4.69) is 15.6 Å². The maximum Gasteiger partial charge on any atom is 0.274 e. The summed E-state index contributed by atoms with van der Waals surface area (Å²) in [7, 11) is 1.61. The van der Waals surface area contributed by atoms with Crippen molar-refractivity contribution < 1.29 is 9.53 Å². The van der Waals surface area contributed by atoms with Gasteiger partial charge in [0.2, 0.25) is 0 Å². The van der Waals surface area contributed by atoms with Crippen LogP contribution in [0.2, 0.25) is 0 Å². The van der Waals surface area contributed by atoms with Crippen LogP contribution in [0, 0.1) is 11.3 Å². The molecule has 0 saturated heterocycles. The molecular formula is C20H16N4O2. The summed E-state index contributed by atoms with van der Waals surface area (Å²) < 4.78 is 5.19. The van der Waals surface area contributed by atoms with E-state index in [1.807, 2.05) is 30.3 Å². The number of pyridine rings is 1. The highest BCUT2D eigenvalue weighted by atomic mass is 16.5. The maximum atomic E-state index is 12.3. The Labute approximate surface area is 151 Å². The molecule has 0 fully saturated rings. The second kappa shape index (κ2) is 7.81. The number of nitrogens with zero attached hydrogens (tertiary/aromatic N) is 2. The topological polar surface area (TPSA) is 87.0 Å². The van der Waals surface area contributed by atoms with Gasteiger partial charge in [0, 0.05) is 11.8 Å². The van der Waals surface area contributed by atoms with Gasteiger partial charge in [0.25, 0.3) is 5.91 Å². The number of hydrogen-bond acceptors (Lipinski definition) is 5. The number of hydrogen-bond donors (Lipinski definition) is 2. The molecule has 2 N–H and O–H groups in total.